The molecule has 1 aliphatic heterocycles. The van der Waals surface area contributed by atoms with Crippen molar-refractivity contribution in [2.24, 2.45) is 0 Å². The van der Waals surface area contributed by atoms with E-state index >= 15 is 0 Å². The van der Waals surface area contributed by atoms with E-state index in [0.717, 1.165) is 37.7 Å². The molecule has 2 atom stereocenters. The molecule has 2 bridgehead atoms. The molecule has 5 heteroatoms. The molecule has 0 saturated carbocycles. The van der Waals surface area contributed by atoms with Gasteiger partial charge in [0.1, 0.15) is 11.5 Å². The van der Waals surface area contributed by atoms with Crippen LogP contribution in [0.4, 0.5) is 0 Å². The van der Waals surface area contributed by atoms with Gasteiger partial charge < -0.3 is 14.2 Å². The summed E-state index contributed by atoms with van der Waals surface area (Å²) in [5.74, 6) is 1.74. The minimum atomic E-state index is -0.0751. The lowest BCUT2D eigenvalue weighted by Gasteiger charge is -2.35. The zero-order valence-corrected chi connectivity index (χ0v) is 30.4. The number of ether oxygens (including phenoxy) is 3. The number of rotatable bonds is 28. The molecule has 1 aliphatic rings. The van der Waals surface area contributed by atoms with Crippen LogP contribution in [0.15, 0.2) is 24.3 Å². The first kappa shape index (κ1) is 39.9. The summed E-state index contributed by atoms with van der Waals surface area (Å²) in [5, 5.41) is 0. The summed E-state index contributed by atoms with van der Waals surface area (Å²) >= 11 is 0. The highest BCUT2D eigenvalue weighted by Gasteiger charge is 2.25. The molecule has 1 aromatic rings. The summed E-state index contributed by atoms with van der Waals surface area (Å²) in [5.41, 5.74) is 0. The zero-order valence-electron chi connectivity index (χ0n) is 30.4. The first-order valence-electron chi connectivity index (χ1n) is 19.7. The molecule has 1 aromatic carbocycles. The predicted molar refractivity (Wildman–Crippen MR) is 194 cm³/mol. The van der Waals surface area contributed by atoms with E-state index in [1.165, 1.54) is 141 Å². The molecule has 0 radical (unpaired) electrons. The fourth-order valence-electron chi connectivity index (χ4n) is 6.60. The summed E-state index contributed by atoms with van der Waals surface area (Å²) in [6.45, 7) is 14.2. The minimum Gasteiger partial charge on any atom is -0.473 e. The van der Waals surface area contributed by atoms with Crippen LogP contribution in [-0.2, 0) is 4.74 Å². The van der Waals surface area contributed by atoms with Crippen LogP contribution in [0.25, 0.3) is 0 Å². The van der Waals surface area contributed by atoms with Crippen LogP contribution in [0.5, 0.6) is 11.5 Å². The van der Waals surface area contributed by atoms with E-state index in [1.807, 2.05) is 0 Å². The van der Waals surface area contributed by atoms with Gasteiger partial charge in [-0.05, 0) is 38.1 Å². The maximum atomic E-state index is 6.51. The van der Waals surface area contributed by atoms with Gasteiger partial charge >= 0.3 is 0 Å². The Labute approximate surface area is 280 Å². The topological polar surface area (TPSA) is 34.2 Å². The zero-order chi connectivity index (χ0) is 32.2. The van der Waals surface area contributed by atoms with E-state index in [0.29, 0.717) is 13.2 Å². The highest BCUT2D eigenvalue weighted by Crippen LogP contribution is 2.25. The second-order valence-corrected chi connectivity index (χ2v) is 13.5. The van der Waals surface area contributed by atoms with Crippen molar-refractivity contribution in [1.29, 1.82) is 0 Å². The third kappa shape index (κ3) is 19.2. The van der Waals surface area contributed by atoms with Crippen LogP contribution in [0.3, 0.4) is 0 Å². The monoisotopic (exact) mass is 631 g/mol. The van der Waals surface area contributed by atoms with Crippen molar-refractivity contribution in [1.82, 2.24) is 9.80 Å². The van der Waals surface area contributed by atoms with Crippen LogP contribution in [0, 0.1) is 0 Å². The Kier molecular flexibility index (Phi) is 24.6. The molecule has 5 nitrogen and oxygen atoms in total. The molecule has 0 amide bonds. The van der Waals surface area contributed by atoms with Crippen molar-refractivity contribution in [3.05, 3.63) is 24.3 Å². The summed E-state index contributed by atoms with van der Waals surface area (Å²) < 4.78 is 19.4. The Bertz CT molecular complexity index is 731. The highest BCUT2D eigenvalue weighted by atomic mass is 16.6. The van der Waals surface area contributed by atoms with Crippen molar-refractivity contribution < 1.29 is 14.2 Å². The summed E-state index contributed by atoms with van der Waals surface area (Å²) in [6.07, 6.45) is 30.0. The molecule has 0 N–H and O–H groups in total. The fourth-order valence-corrected chi connectivity index (χ4v) is 6.60. The lowest BCUT2D eigenvalue weighted by Crippen LogP contribution is -2.47. The van der Waals surface area contributed by atoms with Crippen molar-refractivity contribution in [3.8, 4) is 11.5 Å². The maximum absolute atomic E-state index is 6.51. The first-order valence-corrected chi connectivity index (χ1v) is 19.7. The number of nitrogens with zero attached hydrogens (tertiary/aromatic N) is 2. The number of unbranched alkanes of at least 4 members (excludes halogenated alkanes) is 20. The SMILES string of the molecule is CCCCCCCCCCCCCN(CC)C1COCC(N(CC)CCCCCCCCCCCCC)Oc2cccc(c2)O1. The third-order valence-corrected chi connectivity index (χ3v) is 9.60. The molecule has 0 fully saturated rings. The lowest BCUT2D eigenvalue weighted by atomic mass is 10.1. The summed E-state index contributed by atoms with van der Waals surface area (Å²) in [6, 6.07) is 8.23. The van der Waals surface area contributed by atoms with Crippen molar-refractivity contribution in [2.45, 2.75) is 181 Å². The second kappa shape index (κ2) is 27.8. The van der Waals surface area contributed by atoms with E-state index in [2.05, 4.69) is 61.8 Å². The third-order valence-electron chi connectivity index (χ3n) is 9.60. The maximum Gasteiger partial charge on any atom is 0.176 e. The molecule has 0 spiro atoms. The van der Waals surface area contributed by atoms with Crippen LogP contribution in [-0.4, -0.2) is 61.6 Å². The van der Waals surface area contributed by atoms with Crippen LogP contribution in [0.2, 0.25) is 0 Å². The molecule has 0 saturated heterocycles. The predicted octanol–water partition coefficient (Wildman–Crippen LogP) is 11.4. The summed E-state index contributed by atoms with van der Waals surface area (Å²) in [4.78, 5) is 4.92. The van der Waals surface area contributed by atoms with E-state index in [9.17, 15) is 0 Å². The van der Waals surface area contributed by atoms with Gasteiger partial charge in [-0.3, -0.25) is 9.80 Å². The Morgan fingerprint density at radius 3 is 1.16 bits per heavy atom. The van der Waals surface area contributed by atoms with Crippen LogP contribution in [0.1, 0.15) is 169 Å². The minimum absolute atomic E-state index is 0.0751. The van der Waals surface area contributed by atoms with Gasteiger partial charge in [0, 0.05) is 19.2 Å². The van der Waals surface area contributed by atoms with Gasteiger partial charge in [0.05, 0.1) is 13.2 Å². The van der Waals surface area contributed by atoms with Crippen LogP contribution < -0.4 is 9.47 Å². The van der Waals surface area contributed by atoms with Crippen molar-refractivity contribution >= 4 is 0 Å². The fraction of sp³-hybridized carbons (Fsp3) is 0.850. The van der Waals surface area contributed by atoms with Crippen molar-refractivity contribution in [2.75, 3.05) is 39.4 Å². The molecule has 2 rings (SSSR count). The smallest absolute Gasteiger partial charge is 0.176 e. The van der Waals surface area contributed by atoms with Gasteiger partial charge in [-0.25, -0.2) is 0 Å². The Hall–Kier alpha value is -1.30. The molecular weight excluding hydrogens is 556 g/mol. The molecule has 1 heterocycles. The van der Waals surface area contributed by atoms with Crippen molar-refractivity contribution in [3.63, 3.8) is 0 Å². The Morgan fingerprint density at radius 1 is 0.489 bits per heavy atom. The van der Waals surface area contributed by atoms with E-state index in [1.54, 1.807) is 0 Å². The number of hydrogen-bond acceptors (Lipinski definition) is 5. The Morgan fingerprint density at radius 2 is 0.822 bits per heavy atom. The largest absolute Gasteiger partial charge is 0.473 e. The molecular formula is C40H74N2O3. The molecule has 0 aromatic heterocycles. The van der Waals surface area contributed by atoms with Gasteiger partial charge in [-0.1, -0.05) is 162 Å². The number of hydrogen-bond donors (Lipinski definition) is 0. The van der Waals surface area contributed by atoms with Gasteiger partial charge in [0.2, 0.25) is 0 Å². The lowest BCUT2D eigenvalue weighted by molar-refractivity contribution is -0.0875. The van der Waals surface area contributed by atoms with Gasteiger partial charge in [0.25, 0.3) is 0 Å². The quantitative estimate of drug-likeness (QED) is 0.0861. The van der Waals surface area contributed by atoms with E-state index < -0.39 is 0 Å². The van der Waals surface area contributed by atoms with Gasteiger partial charge in [0.15, 0.2) is 12.5 Å². The number of fused-ring (bicyclic) bond motifs is 2. The van der Waals surface area contributed by atoms with Gasteiger partial charge in [-0.2, -0.15) is 0 Å². The summed E-state index contributed by atoms with van der Waals surface area (Å²) in [7, 11) is 0. The number of benzene rings is 1. The standard InChI is InChI=1S/C40H74N2O3/c1-5-9-11-13-15-17-19-21-23-25-27-32-41(7-3)39-35-43-36-40(45-38-31-29-30-37(34-38)44-39)42(8-4)33-28-26-24-22-20-18-16-14-12-10-6-2/h29-31,34,39-40H,5-28,32-33,35-36H2,1-4H3. The van der Waals surface area contributed by atoms with E-state index in [4.69, 9.17) is 14.2 Å². The van der Waals surface area contributed by atoms with Gasteiger partial charge in [-0.15, -0.1) is 0 Å². The average molecular weight is 631 g/mol. The molecule has 45 heavy (non-hydrogen) atoms. The number of likely N-dealkylation sites (N-methyl/N-ethyl adjacent to an activating group) is 2. The average Bonchev–Trinajstić information content (AvgIpc) is 3.05. The highest BCUT2D eigenvalue weighted by molar-refractivity contribution is 5.33. The molecule has 262 valence electrons. The Balaban J connectivity index is 1.74. The molecule has 2 unspecified atom stereocenters. The molecule has 0 aliphatic carbocycles. The normalized spacial score (nSPS) is 17.0. The van der Waals surface area contributed by atoms with Crippen LogP contribution >= 0.6 is 0 Å². The van der Waals surface area contributed by atoms with E-state index in [-0.39, 0.29) is 12.5 Å². The first-order chi connectivity index (χ1) is 22.2. The second-order valence-electron chi connectivity index (χ2n) is 13.5.